The Labute approximate surface area is 130 Å². The fourth-order valence-corrected chi connectivity index (χ4v) is 1.51. The third-order valence-corrected chi connectivity index (χ3v) is 2.71. The minimum atomic E-state index is -1.34. The van der Waals surface area contributed by atoms with Crippen LogP contribution in [-0.4, -0.2) is 27.3 Å². The van der Waals surface area contributed by atoms with E-state index in [1.165, 1.54) is 18.2 Å². The SMILES string of the molecule is N#Cc1ccc(C(=O)O)c(F)c1.O=C(O)c1ccc(CO)cc1. The summed E-state index contributed by atoms with van der Waals surface area (Å²) in [7, 11) is 0. The predicted octanol–water partition coefficient (Wildman–Crippen LogP) is 2.27. The smallest absolute Gasteiger partial charge is 0.338 e. The molecule has 0 aliphatic rings. The maximum atomic E-state index is 12.8. The van der Waals surface area contributed by atoms with Gasteiger partial charge < -0.3 is 15.3 Å². The zero-order chi connectivity index (χ0) is 17.4. The number of carboxylic acid groups (broad SMARTS) is 2. The summed E-state index contributed by atoms with van der Waals surface area (Å²) in [6.07, 6.45) is 0. The summed E-state index contributed by atoms with van der Waals surface area (Å²) in [4.78, 5) is 20.6. The van der Waals surface area contributed by atoms with Gasteiger partial charge in [-0.3, -0.25) is 0 Å². The lowest BCUT2D eigenvalue weighted by atomic mass is 10.1. The highest BCUT2D eigenvalue weighted by Crippen LogP contribution is 2.09. The molecule has 118 valence electrons. The average Bonchev–Trinajstić information content (AvgIpc) is 2.55. The van der Waals surface area contributed by atoms with Crippen LogP contribution < -0.4 is 0 Å². The number of hydrogen-bond acceptors (Lipinski definition) is 4. The maximum absolute atomic E-state index is 12.8. The lowest BCUT2D eigenvalue weighted by Gasteiger charge is -1.95. The monoisotopic (exact) mass is 317 g/mol. The quantitative estimate of drug-likeness (QED) is 0.799. The van der Waals surface area contributed by atoms with Gasteiger partial charge in [0.15, 0.2) is 0 Å². The summed E-state index contributed by atoms with van der Waals surface area (Å²) in [5.41, 5.74) is 0.642. The second-order valence-corrected chi connectivity index (χ2v) is 4.27. The van der Waals surface area contributed by atoms with E-state index in [4.69, 9.17) is 20.6 Å². The van der Waals surface area contributed by atoms with Crippen LogP contribution in [0.25, 0.3) is 0 Å². The zero-order valence-corrected chi connectivity index (χ0v) is 11.7. The Morgan fingerprint density at radius 3 is 2.04 bits per heavy atom. The van der Waals surface area contributed by atoms with Crippen LogP contribution in [0.15, 0.2) is 42.5 Å². The Morgan fingerprint density at radius 1 is 1.04 bits per heavy atom. The molecule has 2 rings (SSSR count). The first kappa shape index (κ1) is 17.8. The fourth-order valence-electron chi connectivity index (χ4n) is 1.51. The van der Waals surface area contributed by atoms with Crippen LogP contribution in [0.1, 0.15) is 31.8 Å². The molecule has 0 amide bonds. The molecule has 0 unspecified atom stereocenters. The predicted molar refractivity (Wildman–Crippen MR) is 77.4 cm³/mol. The lowest BCUT2D eigenvalue weighted by molar-refractivity contribution is 0.0683. The minimum absolute atomic E-state index is 0.0557. The topological polar surface area (TPSA) is 119 Å². The molecular weight excluding hydrogens is 305 g/mol. The van der Waals surface area contributed by atoms with E-state index in [0.29, 0.717) is 0 Å². The van der Waals surface area contributed by atoms with Gasteiger partial charge in [0.2, 0.25) is 0 Å². The summed E-state index contributed by atoms with van der Waals surface area (Å²) in [5, 5.41) is 33.8. The van der Waals surface area contributed by atoms with Crippen LogP contribution in [0.3, 0.4) is 0 Å². The third kappa shape index (κ3) is 5.22. The van der Waals surface area contributed by atoms with Gasteiger partial charge in [-0.1, -0.05) is 12.1 Å². The molecule has 3 N–H and O–H groups in total. The number of nitriles is 1. The van der Waals surface area contributed by atoms with Crippen molar-refractivity contribution in [3.05, 3.63) is 70.5 Å². The minimum Gasteiger partial charge on any atom is -0.478 e. The number of nitrogens with zero attached hydrogens (tertiary/aromatic N) is 1. The summed E-state index contributed by atoms with van der Waals surface area (Å²) in [6, 6.07) is 11.0. The van der Waals surface area contributed by atoms with E-state index in [9.17, 15) is 14.0 Å². The molecule has 2 aromatic carbocycles. The van der Waals surface area contributed by atoms with E-state index < -0.39 is 23.3 Å². The Balaban J connectivity index is 0.000000231. The zero-order valence-electron chi connectivity index (χ0n) is 11.7. The number of aliphatic hydroxyl groups excluding tert-OH is 1. The summed E-state index contributed by atoms with van der Waals surface area (Å²) < 4.78 is 12.8. The molecule has 0 aromatic heterocycles. The molecule has 0 atom stereocenters. The average molecular weight is 317 g/mol. The van der Waals surface area contributed by atoms with Gasteiger partial charge >= 0.3 is 11.9 Å². The standard InChI is InChI=1S/C8H4FNO2.C8H8O3/c9-7-3-5(4-10)1-2-6(7)8(11)12;9-5-6-1-3-7(4-2-6)8(10)11/h1-3H,(H,11,12);1-4,9H,5H2,(H,10,11). The van der Waals surface area contributed by atoms with E-state index in [0.717, 1.165) is 17.7 Å². The Kier molecular flexibility index (Phi) is 6.40. The molecule has 0 bridgehead atoms. The Bertz CT molecular complexity index is 750. The molecule has 0 radical (unpaired) electrons. The number of carbonyl (C=O) groups is 2. The Morgan fingerprint density at radius 2 is 1.65 bits per heavy atom. The maximum Gasteiger partial charge on any atom is 0.338 e. The second kappa shape index (κ2) is 8.26. The van der Waals surface area contributed by atoms with E-state index >= 15 is 0 Å². The van der Waals surface area contributed by atoms with Crippen molar-refractivity contribution in [1.29, 1.82) is 5.26 Å². The molecule has 0 aliphatic heterocycles. The molecule has 23 heavy (non-hydrogen) atoms. The highest BCUT2D eigenvalue weighted by Gasteiger charge is 2.09. The summed E-state index contributed by atoms with van der Waals surface area (Å²) >= 11 is 0. The van der Waals surface area contributed by atoms with Crippen LogP contribution in [0.5, 0.6) is 0 Å². The van der Waals surface area contributed by atoms with Crippen LogP contribution in [0.4, 0.5) is 4.39 Å². The molecule has 0 saturated heterocycles. The largest absolute Gasteiger partial charge is 0.478 e. The van der Waals surface area contributed by atoms with Gasteiger partial charge in [0.05, 0.1) is 29.4 Å². The van der Waals surface area contributed by atoms with Gasteiger partial charge in [0.25, 0.3) is 0 Å². The van der Waals surface area contributed by atoms with Crippen molar-refractivity contribution >= 4 is 11.9 Å². The van der Waals surface area contributed by atoms with Crippen molar-refractivity contribution in [2.75, 3.05) is 0 Å². The number of rotatable bonds is 3. The molecule has 7 heteroatoms. The summed E-state index contributed by atoms with van der Waals surface area (Å²) in [6.45, 7) is -0.0557. The van der Waals surface area contributed by atoms with Gasteiger partial charge in [-0.15, -0.1) is 0 Å². The van der Waals surface area contributed by atoms with Crippen molar-refractivity contribution in [3.8, 4) is 6.07 Å². The molecule has 6 nitrogen and oxygen atoms in total. The molecule has 2 aromatic rings. The van der Waals surface area contributed by atoms with E-state index in [-0.39, 0.29) is 17.7 Å². The summed E-state index contributed by atoms with van der Waals surface area (Å²) in [5.74, 6) is -3.17. The van der Waals surface area contributed by atoms with Crippen molar-refractivity contribution in [3.63, 3.8) is 0 Å². The number of hydrogen-bond donors (Lipinski definition) is 3. The number of halogens is 1. The molecule has 0 aliphatic carbocycles. The van der Waals surface area contributed by atoms with Crippen LogP contribution in [-0.2, 0) is 6.61 Å². The molecule has 0 heterocycles. The van der Waals surface area contributed by atoms with Crippen molar-refractivity contribution < 1.29 is 29.3 Å². The normalized spacial score (nSPS) is 9.26. The van der Waals surface area contributed by atoms with Gasteiger partial charge in [0.1, 0.15) is 5.82 Å². The van der Waals surface area contributed by atoms with Crippen LogP contribution in [0, 0.1) is 17.1 Å². The first-order chi connectivity index (χ1) is 10.9. The van der Waals surface area contributed by atoms with Gasteiger partial charge in [0, 0.05) is 0 Å². The van der Waals surface area contributed by atoms with Crippen LogP contribution in [0.2, 0.25) is 0 Å². The first-order valence-electron chi connectivity index (χ1n) is 6.25. The molecule has 0 saturated carbocycles. The number of aliphatic hydroxyl groups is 1. The van der Waals surface area contributed by atoms with Crippen molar-refractivity contribution in [2.24, 2.45) is 0 Å². The highest BCUT2D eigenvalue weighted by atomic mass is 19.1. The second-order valence-electron chi connectivity index (χ2n) is 4.27. The number of aromatic carboxylic acids is 2. The number of carboxylic acids is 2. The van der Waals surface area contributed by atoms with Crippen LogP contribution >= 0.6 is 0 Å². The molecule has 0 spiro atoms. The highest BCUT2D eigenvalue weighted by molar-refractivity contribution is 5.88. The van der Waals surface area contributed by atoms with Crippen molar-refractivity contribution in [1.82, 2.24) is 0 Å². The third-order valence-electron chi connectivity index (χ3n) is 2.71. The van der Waals surface area contributed by atoms with Gasteiger partial charge in [-0.25, -0.2) is 14.0 Å². The molecule has 0 fully saturated rings. The fraction of sp³-hybridized carbons (Fsp3) is 0.0625. The molecular formula is C16H12FNO5. The lowest BCUT2D eigenvalue weighted by Crippen LogP contribution is -2.00. The first-order valence-corrected chi connectivity index (χ1v) is 6.25. The van der Waals surface area contributed by atoms with Gasteiger partial charge in [-0.2, -0.15) is 5.26 Å². The van der Waals surface area contributed by atoms with Gasteiger partial charge in [-0.05, 0) is 35.9 Å². The van der Waals surface area contributed by atoms with E-state index in [1.807, 2.05) is 0 Å². The van der Waals surface area contributed by atoms with E-state index in [1.54, 1.807) is 18.2 Å². The van der Waals surface area contributed by atoms with Crippen molar-refractivity contribution in [2.45, 2.75) is 6.61 Å². The Hall–Kier alpha value is -3.24. The van der Waals surface area contributed by atoms with E-state index in [2.05, 4.69) is 0 Å². The number of benzene rings is 2.